The van der Waals surface area contributed by atoms with Crippen LogP contribution in [0.25, 0.3) is 16.8 Å². The Labute approximate surface area is 177 Å². The van der Waals surface area contributed by atoms with Crippen molar-refractivity contribution in [1.82, 2.24) is 4.98 Å². The monoisotopic (exact) mass is 450 g/mol. The van der Waals surface area contributed by atoms with Gasteiger partial charge in [-0.3, -0.25) is 10.1 Å². The highest BCUT2D eigenvalue weighted by Crippen LogP contribution is 2.34. The van der Waals surface area contributed by atoms with E-state index in [0.717, 1.165) is 29.5 Å². The quantitative estimate of drug-likeness (QED) is 0.277. The SMILES string of the molecule is N#C/C(=C\Nc1cc(C(F)(F)F)ccc1Cl)c1nc(-c2ccc([N+](=O)[O-])cc2)cs1. The maximum absolute atomic E-state index is 12.9. The number of hydrogen-bond acceptors (Lipinski definition) is 6. The molecule has 0 bridgehead atoms. The molecule has 2 aromatic carbocycles. The van der Waals surface area contributed by atoms with E-state index in [0.29, 0.717) is 16.3 Å². The van der Waals surface area contributed by atoms with Gasteiger partial charge in [-0.2, -0.15) is 18.4 Å². The molecule has 0 unspecified atom stereocenters. The van der Waals surface area contributed by atoms with Gasteiger partial charge in [0.25, 0.3) is 5.69 Å². The number of thiazole rings is 1. The van der Waals surface area contributed by atoms with Gasteiger partial charge >= 0.3 is 6.18 Å². The van der Waals surface area contributed by atoms with E-state index in [-0.39, 0.29) is 22.0 Å². The minimum atomic E-state index is -4.53. The lowest BCUT2D eigenvalue weighted by Crippen LogP contribution is -2.05. The highest BCUT2D eigenvalue weighted by molar-refractivity contribution is 7.11. The Morgan fingerprint density at radius 1 is 1.27 bits per heavy atom. The van der Waals surface area contributed by atoms with E-state index in [1.54, 1.807) is 5.38 Å². The lowest BCUT2D eigenvalue weighted by atomic mass is 10.1. The summed E-state index contributed by atoms with van der Waals surface area (Å²) in [6.45, 7) is 0. The van der Waals surface area contributed by atoms with Gasteiger partial charge in [0.1, 0.15) is 16.6 Å². The summed E-state index contributed by atoms with van der Waals surface area (Å²) in [5.74, 6) is 0. The molecular weight excluding hydrogens is 441 g/mol. The average molecular weight is 451 g/mol. The predicted octanol–water partition coefficient (Wildman–Crippen LogP) is 6.37. The summed E-state index contributed by atoms with van der Waals surface area (Å²) in [6.07, 6.45) is -3.31. The number of non-ortho nitro benzene ring substituents is 1. The standard InChI is InChI=1S/C19H10ClF3N4O2S/c20-15-6-3-13(19(21,22)23)7-16(15)25-9-12(8-24)18-26-17(10-30-18)11-1-4-14(5-2-11)27(28)29/h1-7,9-10,25H/b12-9+. The molecule has 0 aliphatic rings. The molecule has 0 saturated carbocycles. The van der Waals surface area contributed by atoms with Gasteiger partial charge < -0.3 is 5.32 Å². The highest BCUT2D eigenvalue weighted by Gasteiger charge is 2.30. The van der Waals surface area contributed by atoms with E-state index in [1.807, 2.05) is 6.07 Å². The van der Waals surface area contributed by atoms with Crippen molar-refractivity contribution in [1.29, 1.82) is 5.26 Å². The maximum Gasteiger partial charge on any atom is 0.416 e. The number of rotatable bonds is 5. The van der Waals surface area contributed by atoms with Crippen LogP contribution < -0.4 is 5.32 Å². The predicted molar refractivity (Wildman–Crippen MR) is 108 cm³/mol. The zero-order valence-electron chi connectivity index (χ0n) is 14.8. The second kappa shape index (κ2) is 8.52. The first-order chi connectivity index (χ1) is 14.2. The zero-order valence-corrected chi connectivity index (χ0v) is 16.3. The van der Waals surface area contributed by atoms with Gasteiger partial charge in [0.15, 0.2) is 0 Å². The summed E-state index contributed by atoms with van der Waals surface area (Å²) in [4.78, 5) is 14.5. The number of nitro benzene ring substituents is 1. The van der Waals surface area contributed by atoms with Crippen molar-refractivity contribution >= 4 is 39.9 Å². The normalized spacial score (nSPS) is 11.8. The molecule has 0 amide bonds. The van der Waals surface area contributed by atoms with Crippen molar-refractivity contribution in [3.05, 3.63) is 79.8 Å². The first kappa shape index (κ1) is 21.3. The second-order valence-electron chi connectivity index (χ2n) is 5.85. The van der Waals surface area contributed by atoms with Crippen LogP contribution in [0.2, 0.25) is 5.02 Å². The summed E-state index contributed by atoms with van der Waals surface area (Å²) < 4.78 is 38.6. The number of nitro groups is 1. The summed E-state index contributed by atoms with van der Waals surface area (Å²) in [5, 5.41) is 24.8. The zero-order chi connectivity index (χ0) is 21.9. The van der Waals surface area contributed by atoms with Crippen molar-refractivity contribution in [3.63, 3.8) is 0 Å². The van der Waals surface area contributed by atoms with Crippen molar-refractivity contribution in [2.24, 2.45) is 0 Å². The number of benzene rings is 2. The van der Waals surface area contributed by atoms with Gasteiger partial charge in [-0.15, -0.1) is 11.3 Å². The Kier molecular flexibility index (Phi) is 6.05. The Morgan fingerprint density at radius 2 is 1.97 bits per heavy atom. The maximum atomic E-state index is 12.9. The Morgan fingerprint density at radius 3 is 2.57 bits per heavy atom. The number of aromatic nitrogens is 1. The molecule has 0 atom stereocenters. The van der Waals surface area contributed by atoms with Gasteiger partial charge in [0.05, 0.1) is 26.9 Å². The van der Waals surface area contributed by atoms with Gasteiger partial charge in [-0.25, -0.2) is 4.98 Å². The van der Waals surface area contributed by atoms with Crippen molar-refractivity contribution in [3.8, 4) is 17.3 Å². The molecule has 30 heavy (non-hydrogen) atoms. The fourth-order valence-electron chi connectivity index (χ4n) is 2.39. The number of nitrogens with one attached hydrogen (secondary N) is 1. The minimum absolute atomic E-state index is 0.00797. The van der Waals surface area contributed by atoms with Crippen molar-refractivity contribution in [2.75, 3.05) is 5.32 Å². The fraction of sp³-hybridized carbons (Fsp3) is 0.0526. The molecule has 1 N–H and O–H groups in total. The van der Waals surface area contributed by atoms with Gasteiger partial charge in [0, 0.05) is 29.3 Å². The summed E-state index contributed by atoms with van der Waals surface area (Å²) in [7, 11) is 0. The van der Waals surface area contributed by atoms with Crippen LogP contribution in [0, 0.1) is 21.4 Å². The molecule has 6 nitrogen and oxygen atoms in total. The smallest absolute Gasteiger partial charge is 0.359 e. The Balaban J connectivity index is 1.84. The van der Waals surface area contributed by atoms with Gasteiger partial charge in [-0.1, -0.05) is 11.6 Å². The third-order valence-corrected chi connectivity index (χ3v) is 5.10. The molecule has 0 spiro atoms. The Bertz CT molecular complexity index is 1170. The molecule has 11 heteroatoms. The lowest BCUT2D eigenvalue weighted by molar-refractivity contribution is -0.384. The molecule has 0 fully saturated rings. The molecular formula is C19H10ClF3N4O2S. The number of nitrogens with zero attached hydrogens (tertiary/aromatic N) is 3. The van der Waals surface area contributed by atoms with Crippen molar-refractivity contribution < 1.29 is 18.1 Å². The first-order valence-corrected chi connectivity index (χ1v) is 9.39. The van der Waals surface area contributed by atoms with E-state index >= 15 is 0 Å². The lowest BCUT2D eigenvalue weighted by Gasteiger charge is -2.10. The minimum Gasteiger partial charge on any atom is -0.359 e. The van der Waals surface area contributed by atoms with E-state index in [1.165, 1.54) is 30.5 Å². The highest BCUT2D eigenvalue weighted by atomic mass is 35.5. The van der Waals surface area contributed by atoms with Crippen molar-refractivity contribution in [2.45, 2.75) is 6.18 Å². The third kappa shape index (κ3) is 4.76. The third-order valence-electron chi connectivity index (χ3n) is 3.89. The van der Waals surface area contributed by atoms with Gasteiger partial charge in [0.2, 0.25) is 0 Å². The average Bonchev–Trinajstić information content (AvgIpc) is 3.19. The number of anilines is 1. The van der Waals surface area contributed by atoms with Crippen LogP contribution in [-0.2, 0) is 6.18 Å². The first-order valence-electron chi connectivity index (χ1n) is 8.13. The molecule has 0 radical (unpaired) electrons. The van der Waals surface area contributed by atoms with E-state index in [4.69, 9.17) is 11.6 Å². The molecule has 3 aromatic rings. The van der Waals surface area contributed by atoms with Crippen LogP contribution in [-0.4, -0.2) is 9.91 Å². The molecule has 0 aliphatic heterocycles. The molecule has 3 rings (SSSR count). The number of halogens is 4. The summed E-state index contributed by atoms with van der Waals surface area (Å²) in [5.41, 5.74) is 0.260. The van der Waals surface area contributed by atoms with Crippen LogP contribution in [0.5, 0.6) is 0 Å². The summed E-state index contributed by atoms with van der Waals surface area (Å²) in [6, 6.07) is 10.5. The Hall–Kier alpha value is -3.42. The molecule has 1 heterocycles. The van der Waals surface area contributed by atoms with Crippen LogP contribution in [0.1, 0.15) is 10.6 Å². The van der Waals surface area contributed by atoms with Crippen LogP contribution in [0.4, 0.5) is 24.5 Å². The molecule has 0 aliphatic carbocycles. The number of nitriles is 1. The topological polar surface area (TPSA) is 91.8 Å². The number of alkyl halides is 3. The number of hydrogen-bond donors (Lipinski definition) is 1. The molecule has 1 aromatic heterocycles. The van der Waals surface area contributed by atoms with E-state index < -0.39 is 16.7 Å². The largest absolute Gasteiger partial charge is 0.416 e. The van der Waals surface area contributed by atoms with E-state index in [9.17, 15) is 28.5 Å². The second-order valence-corrected chi connectivity index (χ2v) is 7.11. The van der Waals surface area contributed by atoms with Crippen LogP contribution in [0.3, 0.4) is 0 Å². The van der Waals surface area contributed by atoms with E-state index in [2.05, 4.69) is 10.3 Å². The number of allylic oxidation sites excluding steroid dienone is 1. The van der Waals surface area contributed by atoms with Crippen LogP contribution >= 0.6 is 22.9 Å². The van der Waals surface area contributed by atoms with Crippen LogP contribution in [0.15, 0.2) is 54.0 Å². The summed E-state index contributed by atoms with van der Waals surface area (Å²) >= 11 is 7.08. The molecule has 0 saturated heterocycles. The fourth-order valence-corrected chi connectivity index (χ4v) is 3.35. The van der Waals surface area contributed by atoms with Gasteiger partial charge in [-0.05, 0) is 30.3 Å². The molecule has 152 valence electrons.